The largest absolute Gasteiger partial charge is 0.454 e. The Labute approximate surface area is 126 Å². The van der Waals surface area contributed by atoms with E-state index in [4.69, 9.17) is 14.2 Å². The van der Waals surface area contributed by atoms with Crippen molar-refractivity contribution in [1.82, 2.24) is 0 Å². The zero-order chi connectivity index (χ0) is 15.5. The Morgan fingerprint density at radius 2 is 1.77 bits per heavy atom. The van der Waals surface area contributed by atoms with E-state index in [0.29, 0.717) is 28.5 Å². The van der Waals surface area contributed by atoms with Crippen molar-refractivity contribution < 1.29 is 23.8 Å². The number of anilines is 1. The zero-order valence-corrected chi connectivity index (χ0v) is 11.8. The highest BCUT2D eigenvalue weighted by Gasteiger charge is 2.14. The van der Waals surface area contributed by atoms with Crippen LogP contribution in [0.4, 0.5) is 5.69 Å². The number of benzene rings is 2. The van der Waals surface area contributed by atoms with E-state index in [2.05, 4.69) is 5.32 Å². The molecule has 22 heavy (non-hydrogen) atoms. The number of carbonyl (C=O) groups excluding carboxylic acids is 2. The smallest absolute Gasteiger partial charge is 0.308 e. The number of rotatable bonds is 3. The fourth-order valence-corrected chi connectivity index (χ4v) is 2.02. The average molecular weight is 299 g/mol. The molecule has 0 unspecified atom stereocenters. The highest BCUT2D eigenvalue weighted by atomic mass is 16.7. The van der Waals surface area contributed by atoms with Crippen LogP contribution in [0, 0.1) is 0 Å². The molecule has 6 nitrogen and oxygen atoms in total. The molecular weight excluding hydrogens is 286 g/mol. The SMILES string of the molecule is CC(=O)Oc1ccc(C(=O)Nc2ccc3c(c2)OCO3)cc1. The molecule has 1 aliphatic rings. The fourth-order valence-electron chi connectivity index (χ4n) is 2.02. The summed E-state index contributed by atoms with van der Waals surface area (Å²) in [5.41, 5.74) is 1.06. The maximum absolute atomic E-state index is 12.2. The third kappa shape index (κ3) is 3.01. The minimum atomic E-state index is -0.405. The highest BCUT2D eigenvalue weighted by molar-refractivity contribution is 6.04. The lowest BCUT2D eigenvalue weighted by molar-refractivity contribution is -0.131. The van der Waals surface area contributed by atoms with Crippen LogP contribution in [0.1, 0.15) is 17.3 Å². The normalized spacial score (nSPS) is 11.9. The molecule has 112 valence electrons. The maximum Gasteiger partial charge on any atom is 0.308 e. The minimum absolute atomic E-state index is 0.185. The second-order valence-corrected chi connectivity index (χ2v) is 4.64. The van der Waals surface area contributed by atoms with Gasteiger partial charge in [0.2, 0.25) is 6.79 Å². The first kappa shape index (κ1) is 13.9. The Kier molecular flexibility index (Phi) is 3.65. The monoisotopic (exact) mass is 299 g/mol. The lowest BCUT2D eigenvalue weighted by Gasteiger charge is -2.07. The Morgan fingerprint density at radius 3 is 2.50 bits per heavy atom. The Bertz CT molecular complexity index is 724. The Balaban J connectivity index is 1.70. The Hall–Kier alpha value is -3.02. The van der Waals surface area contributed by atoms with Crippen molar-refractivity contribution in [2.45, 2.75) is 6.92 Å². The molecule has 6 heteroatoms. The number of hydrogen-bond acceptors (Lipinski definition) is 5. The van der Waals surface area contributed by atoms with Crippen LogP contribution in [0.5, 0.6) is 17.2 Å². The first-order chi connectivity index (χ1) is 10.6. The van der Waals surface area contributed by atoms with Crippen molar-refractivity contribution in [2.24, 2.45) is 0 Å². The fraction of sp³-hybridized carbons (Fsp3) is 0.125. The molecule has 1 amide bonds. The molecular formula is C16H13NO5. The van der Waals surface area contributed by atoms with Crippen molar-refractivity contribution in [3.63, 3.8) is 0 Å². The van der Waals surface area contributed by atoms with Crippen molar-refractivity contribution in [1.29, 1.82) is 0 Å². The van der Waals surface area contributed by atoms with Crippen molar-refractivity contribution in [3.8, 4) is 17.2 Å². The average Bonchev–Trinajstić information content (AvgIpc) is 2.95. The number of amides is 1. The summed E-state index contributed by atoms with van der Waals surface area (Å²) in [7, 11) is 0. The maximum atomic E-state index is 12.2. The van der Waals surface area contributed by atoms with Gasteiger partial charge in [0.15, 0.2) is 11.5 Å². The molecule has 0 bridgehead atoms. The number of fused-ring (bicyclic) bond motifs is 1. The second kappa shape index (κ2) is 5.77. The molecule has 2 aromatic carbocycles. The minimum Gasteiger partial charge on any atom is -0.454 e. The molecule has 0 fully saturated rings. The highest BCUT2D eigenvalue weighted by Crippen LogP contribution is 2.34. The lowest BCUT2D eigenvalue weighted by Crippen LogP contribution is -2.11. The van der Waals surface area contributed by atoms with Crippen LogP contribution in [0.2, 0.25) is 0 Å². The molecule has 1 aliphatic heterocycles. The predicted molar refractivity (Wildman–Crippen MR) is 78.3 cm³/mol. The summed E-state index contributed by atoms with van der Waals surface area (Å²) in [5, 5.41) is 2.77. The third-order valence-corrected chi connectivity index (χ3v) is 3.01. The van der Waals surface area contributed by atoms with Gasteiger partial charge in [-0.1, -0.05) is 0 Å². The molecule has 0 saturated carbocycles. The molecule has 0 aliphatic carbocycles. The topological polar surface area (TPSA) is 73.9 Å². The quantitative estimate of drug-likeness (QED) is 0.696. The summed E-state index contributed by atoms with van der Waals surface area (Å²) < 4.78 is 15.4. The third-order valence-electron chi connectivity index (χ3n) is 3.01. The van der Waals surface area contributed by atoms with Gasteiger partial charge in [-0.05, 0) is 36.4 Å². The number of ether oxygens (including phenoxy) is 3. The lowest BCUT2D eigenvalue weighted by atomic mass is 10.2. The van der Waals surface area contributed by atoms with E-state index in [0.717, 1.165) is 0 Å². The van der Waals surface area contributed by atoms with E-state index in [1.165, 1.54) is 6.92 Å². The number of carbonyl (C=O) groups is 2. The van der Waals surface area contributed by atoms with Gasteiger partial charge in [0.25, 0.3) is 5.91 Å². The van der Waals surface area contributed by atoms with E-state index in [-0.39, 0.29) is 12.7 Å². The number of nitrogens with one attached hydrogen (secondary N) is 1. The van der Waals surface area contributed by atoms with Gasteiger partial charge in [-0.3, -0.25) is 9.59 Å². The van der Waals surface area contributed by atoms with Gasteiger partial charge >= 0.3 is 5.97 Å². The van der Waals surface area contributed by atoms with Crippen molar-refractivity contribution in [3.05, 3.63) is 48.0 Å². The van der Waals surface area contributed by atoms with Crippen LogP contribution >= 0.6 is 0 Å². The molecule has 1 N–H and O–H groups in total. The first-order valence-corrected chi connectivity index (χ1v) is 6.61. The van der Waals surface area contributed by atoms with Crippen LogP contribution in [0.3, 0.4) is 0 Å². The summed E-state index contributed by atoms with van der Waals surface area (Å²) in [4.78, 5) is 23.0. The van der Waals surface area contributed by atoms with Gasteiger partial charge in [0.05, 0.1) is 0 Å². The summed E-state index contributed by atoms with van der Waals surface area (Å²) in [5.74, 6) is 0.977. The standard InChI is InChI=1S/C16H13NO5/c1-10(18)22-13-5-2-11(3-6-13)16(19)17-12-4-7-14-15(8-12)21-9-20-14/h2-8H,9H2,1H3,(H,17,19). The van der Waals surface area contributed by atoms with Crippen LogP contribution in [-0.4, -0.2) is 18.7 Å². The molecule has 2 aromatic rings. The molecule has 0 aromatic heterocycles. The van der Waals surface area contributed by atoms with Crippen LogP contribution in [0.15, 0.2) is 42.5 Å². The van der Waals surface area contributed by atoms with Gasteiger partial charge in [-0.2, -0.15) is 0 Å². The molecule has 0 atom stereocenters. The molecule has 3 rings (SSSR count). The van der Waals surface area contributed by atoms with Crippen LogP contribution in [-0.2, 0) is 4.79 Å². The van der Waals surface area contributed by atoms with Crippen LogP contribution < -0.4 is 19.5 Å². The number of esters is 1. The zero-order valence-electron chi connectivity index (χ0n) is 11.8. The van der Waals surface area contributed by atoms with E-state index in [1.807, 2.05) is 0 Å². The van der Waals surface area contributed by atoms with E-state index in [1.54, 1.807) is 42.5 Å². The second-order valence-electron chi connectivity index (χ2n) is 4.64. The molecule has 0 saturated heterocycles. The van der Waals surface area contributed by atoms with E-state index in [9.17, 15) is 9.59 Å². The Morgan fingerprint density at radius 1 is 1.05 bits per heavy atom. The van der Waals surface area contributed by atoms with Crippen molar-refractivity contribution in [2.75, 3.05) is 12.1 Å². The molecule has 1 heterocycles. The number of hydrogen-bond donors (Lipinski definition) is 1. The van der Waals surface area contributed by atoms with Crippen molar-refractivity contribution >= 4 is 17.6 Å². The summed E-state index contributed by atoms with van der Waals surface area (Å²) in [6, 6.07) is 11.5. The van der Waals surface area contributed by atoms with Gasteiger partial charge in [0, 0.05) is 24.2 Å². The summed E-state index contributed by atoms with van der Waals surface area (Å²) in [6.45, 7) is 1.50. The summed E-state index contributed by atoms with van der Waals surface area (Å²) >= 11 is 0. The van der Waals surface area contributed by atoms with Gasteiger partial charge in [0.1, 0.15) is 5.75 Å². The van der Waals surface area contributed by atoms with Gasteiger partial charge in [-0.25, -0.2) is 0 Å². The first-order valence-electron chi connectivity index (χ1n) is 6.61. The van der Waals surface area contributed by atoms with E-state index < -0.39 is 5.97 Å². The van der Waals surface area contributed by atoms with Crippen LogP contribution in [0.25, 0.3) is 0 Å². The van der Waals surface area contributed by atoms with Gasteiger partial charge < -0.3 is 19.5 Å². The molecule has 0 radical (unpaired) electrons. The van der Waals surface area contributed by atoms with E-state index >= 15 is 0 Å². The molecule has 0 spiro atoms. The predicted octanol–water partition coefficient (Wildman–Crippen LogP) is 2.59. The van der Waals surface area contributed by atoms with Gasteiger partial charge in [-0.15, -0.1) is 0 Å². The summed E-state index contributed by atoms with van der Waals surface area (Å²) in [6.07, 6.45) is 0.